The molecule has 2 rings (SSSR count). The number of hydrogen-bond donors (Lipinski definition) is 1. The lowest BCUT2D eigenvalue weighted by Crippen LogP contribution is -2.29. The van der Waals surface area contributed by atoms with Gasteiger partial charge in [-0.1, -0.05) is 18.2 Å². The Labute approximate surface area is 147 Å². The minimum atomic E-state index is -3.42. The highest BCUT2D eigenvalue weighted by molar-refractivity contribution is 7.92. The molecule has 1 atom stereocenters. The molecular formula is C18H21FN2O3S. The van der Waals surface area contributed by atoms with E-state index in [2.05, 4.69) is 5.32 Å². The van der Waals surface area contributed by atoms with Gasteiger partial charge in [0, 0.05) is 12.6 Å². The number of halogens is 1. The summed E-state index contributed by atoms with van der Waals surface area (Å²) >= 11 is 0. The molecule has 0 unspecified atom stereocenters. The third-order valence-corrected chi connectivity index (χ3v) is 5.30. The van der Waals surface area contributed by atoms with Crippen molar-refractivity contribution in [2.45, 2.75) is 19.9 Å². The standard InChI is InChI=1S/C18H21FN2O3S/c1-12-16(6-5-7-17(12)21(3)25(4,23)24)18(22)20-13(2)14-8-10-15(19)11-9-14/h5-11,13H,1-4H3,(H,20,22)/t13-/m0/s1. The summed E-state index contributed by atoms with van der Waals surface area (Å²) < 4.78 is 37.6. The van der Waals surface area contributed by atoms with Crippen molar-refractivity contribution in [1.29, 1.82) is 0 Å². The minimum Gasteiger partial charge on any atom is -0.346 e. The van der Waals surface area contributed by atoms with Gasteiger partial charge in [-0.2, -0.15) is 0 Å². The van der Waals surface area contributed by atoms with E-state index in [1.807, 2.05) is 0 Å². The Bertz CT molecular complexity index is 880. The maximum atomic E-state index is 13.0. The molecule has 25 heavy (non-hydrogen) atoms. The lowest BCUT2D eigenvalue weighted by atomic mass is 10.0. The minimum absolute atomic E-state index is 0.316. The van der Waals surface area contributed by atoms with Crippen LogP contribution in [0.2, 0.25) is 0 Å². The number of nitrogens with one attached hydrogen (secondary N) is 1. The number of amides is 1. The summed E-state index contributed by atoms with van der Waals surface area (Å²) in [6, 6.07) is 10.5. The largest absolute Gasteiger partial charge is 0.346 e. The van der Waals surface area contributed by atoms with Gasteiger partial charge in [-0.05, 0) is 49.2 Å². The van der Waals surface area contributed by atoms with Crippen molar-refractivity contribution in [2.24, 2.45) is 0 Å². The average Bonchev–Trinajstić information content (AvgIpc) is 2.54. The normalized spacial score (nSPS) is 12.5. The van der Waals surface area contributed by atoms with Crippen LogP contribution in [0.4, 0.5) is 10.1 Å². The predicted molar refractivity (Wildman–Crippen MR) is 96.7 cm³/mol. The molecule has 2 aromatic rings. The SMILES string of the molecule is Cc1c(C(=O)N[C@@H](C)c2ccc(F)cc2)cccc1N(C)S(C)(=O)=O. The van der Waals surface area contributed by atoms with E-state index in [0.29, 0.717) is 16.8 Å². The number of carbonyl (C=O) groups excluding carboxylic acids is 1. The highest BCUT2D eigenvalue weighted by Crippen LogP contribution is 2.24. The highest BCUT2D eigenvalue weighted by Gasteiger charge is 2.19. The first-order valence-electron chi connectivity index (χ1n) is 7.71. The van der Waals surface area contributed by atoms with Gasteiger partial charge in [0.2, 0.25) is 10.0 Å². The van der Waals surface area contributed by atoms with Crippen LogP contribution in [-0.4, -0.2) is 27.6 Å². The zero-order valence-electron chi connectivity index (χ0n) is 14.6. The first kappa shape index (κ1) is 18.9. The van der Waals surface area contributed by atoms with Crippen molar-refractivity contribution in [2.75, 3.05) is 17.6 Å². The van der Waals surface area contributed by atoms with E-state index < -0.39 is 10.0 Å². The van der Waals surface area contributed by atoms with E-state index in [1.165, 1.54) is 19.2 Å². The van der Waals surface area contributed by atoms with E-state index in [0.717, 1.165) is 16.1 Å². The molecular weight excluding hydrogens is 343 g/mol. The van der Waals surface area contributed by atoms with Crippen LogP contribution in [0, 0.1) is 12.7 Å². The summed E-state index contributed by atoms with van der Waals surface area (Å²) in [4.78, 5) is 12.6. The van der Waals surface area contributed by atoms with Gasteiger partial charge in [0.1, 0.15) is 5.82 Å². The molecule has 134 valence electrons. The molecule has 7 heteroatoms. The van der Waals surface area contributed by atoms with E-state index in [4.69, 9.17) is 0 Å². The predicted octanol–water partition coefficient (Wildman–Crippen LogP) is 3.02. The summed E-state index contributed by atoms with van der Waals surface area (Å²) in [5, 5.41) is 2.85. The molecule has 0 radical (unpaired) electrons. The van der Waals surface area contributed by atoms with E-state index in [-0.39, 0.29) is 17.8 Å². The van der Waals surface area contributed by atoms with Gasteiger partial charge < -0.3 is 5.32 Å². The number of rotatable bonds is 5. The fourth-order valence-electron chi connectivity index (χ4n) is 2.50. The summed E-state index contributed by atoms with van der Waals surface area (Å²) in [6.07, 6.45) is 1.11. The zero-order chi connectivity index (χ0) is 18.8. The van der Waals surface area contributed by atoms with Crippen molar-refractivity contribution < 1.29 is 17.6 Å². The molecule has 0 heterocycles. The highest BCUT2D eigenvalue weighted by atomic mass is 32.2. The monoisotopic (exact) mass is 364 g/mol. The Balaban J connectivity index is 2.26. The first-order chi connectivity index (χ1) is 11.6. The Kier molecular flexibility index (Phi) is 5.47. The molecule has 0 bridgehead atoms. The van der Waals surface area contributed by atoms with Gasteiger partial charge in [0.15, 0.2) is 0 Å². The van der Waals surface area contributed by atoms with Crippen molar-refractivity contribution in [3.63, 3.8) is 0 Å². The average molecular weight is 364 g/mol. The van der Waals surface area contributed by atoms with Gasteiger partial charge in [-0.15, -0.1) is 0 Å². The molecule has 0 saturated carbocycles. The van der Waals surface area contributed by atoms with E-state index >= 15 is 0 Å². The van der Waals surface area contributed by atoms with Crippen molar-refractivity contribution >= 4 is 21.6 Å². The topological polar surface area (TPSA) is 66.5 Å². The maximum absolute atomic E-state index is 13.0. The molecule has 0 spiro atoms. The third-order valence-electron chi connectivity index (χ3n) is 4.10. The molecule has 2 aromatic carbocycles. The zero-order valence-corrected chi connectivity index (χ0v) is 15.4. The Hall–Kier alpha value is -2.41. The molecule has 0 aliphatic carbocycles. The second-order valence-electron chi connectivity index (χ2n) is 5.93. The second kappa shape index (κ2) is 7.23. The fourth-order valence-corrected chi connectivity index (χ4v) is 3.05. The molecule has 1 N–H and O–H groups in total. The fraction of sp³-hybridized carbons (Fsp3) is 0.278. The van der Waals surface area contributed by atoms with Crippen LogP contribution in [-0.2, 0) is 10.0 Å². The number of nitrogens with zero attached hydrogens (tertiary/aromatic N) is 1. The van der Waals surface area contributed by atoms with Crippen LogP contribution < -0.4 is 9.62 Å². The third kappa shape index (κ3) is 4.36. The van der Waals surface area contributed by atoms with Crippen molar-refractivity contribution in [1.82, 2.24) is 5.32 Å². The number of sulfonamides is 1. The van der Waals surface area contributed by atoms with Gasteiger partial charge >= 0.3 is 0 Å². The Morgan fingerprint density at radius 3 is 2.32 bits per heavy atom. The lowest BCUT2D eigenvalue weighted by molar-refractivity contribution is 0.0939. The van der Waals surface area contributed by atoms with Gasteiger partial charge in [-0.3, -0.25) is 9.10 Å². The molecule has 0 aliphatic rings. The van der Waals surface area contributed by atoms with Gasteiger partial charge in [0.25, 0.3) is 5.91 Å². The van der Waals surface area contributed by atoms with Crippen LogP contribution in [0.3, 0.4) is 0 Å². The lowest BCUT2D eigenvalue weighted by Gasteiger charge is -2.21. The molecule has 1 amide bonds. The summed E-state index contributed by atoms with van der Waals surface area (Å²) in [5.41, 5.74) is 2.18. The molecule has 0 aliphatic heterocycles. The molecule has 0 fully saturated rings. The number of benzene rings is 2. The van der Waals surface area contributed by atoms with Gasteiger partial charge in [0.05, 0.1) is 18.0 Å². The van der Waals surface area contributed by atoms with Crippen LogP contribution in [0.15, 0.2) is 42.5 Å². The van der Waals surface area contributed by atoms with Crippen LogP contribution in [0.5, 0.6) is 0 Å². The van der Waals surface area contributed by atoms with Gasteiger partial charge in [-0.25, -0.2) is 12.8 Å². The molecule has 0 saturated heterocycles. The van der Waals surface area contributed by atoms with E-state index in [1.54, 1.807) is 44.2 Å². The van der Waals surface area contributed by atoms with Crippen LogP contribution in [0.25, 0.3) is 0 Å². The van der Waals surface area contributed by atoms with Crippen LogP contribution in [0.1, 0.15) is 34.5 Å². The smallest absolute Gasteiger partial charge is 0.252 e. The summed E-state index contributed by atoms with van der Waals surface area (Å²) in [6.45, 7) is 3.50. The van der Waals surface area contributed by atoms with Crippen molar-refractivity contribution in [3.8, 4) is 0 Å². The molecule has 0 aromatic heterocycles. The number of hydrogen-bond acceptors (Lipinski definition) is 3. The first-order valence-corrected chi connectivity index (χ1v) is 9.56. The summed E-state index contributed by atoms with van der Waals surface area (Å²) in [5.74, 6) is -0.660. The summed E-state index contributed by atoms with van der Waals surface area (Å²) in [7, 11) is -1.98. The quantitative estimate of drug-likeness (QED) is 0.887. The maximum Gasteiger partial charge on any atom is 0.252 e. The van der Waals surface area contributed by atoms with E-state index in [9.17, 15) is 17.6 Å². The Morgan fingerprint density at radius 2 is 1.76 bits per heavy atom. The second-order valence-corrected chi connectivity index (χ2v) is 7.94. The number of carbonyl (C=O) groups is 1. The Morgan fingerprint density at radius 1 is 1.16 bits per heavy atom. The molecule has 5 nitrogen and oxygen atoms in total. The number of anilines is 1. The van der Waals surface area contributed by atoms with Crippen molar-refractivity contribution in [3.05, 3.63) is 65.0 Å². The van der Waals surface area contributed by atoms with Crippen LogP contribution >= 0.6 is 0 Å².